The van der Waals surface area contributed by atoms with Crippen LogP contribution in [0.3, 0.4) is 0 Å². The molecule has 0 spiro atoms. The molecule has 0 aromatic heterocycles. The summed E-state index contributed by atoms with van der Waals surface area (Å²) in [4.78, 5) is 13.4. The molecule has 3 nitrogen and oxygen atoms in total. The molecular weight excluding hydrogens is 178 g/mol. The topological polar surface area (TPSA) is 29.5 Å². The fourth-order valence-electron chi connectivity index (χ4n) is 2.06. The number of rotatable bonds is 3. The number of nitrogens with zero attached hydrogens (tertiary/aromatic N) is 1. The van der Waals surface area contributed by atoms with Crippen LogP contribution in [0.25, 0.3) is 0 Å². The lowest BCUT2D eigenvalue weighted by Gasteiger charge is -2.33. The van der Waals surface area contributed by atoms with Gasteiger partial charge >= 0.3 is 0 Å². The zero-order chi connectivity index (χ0) is 10.6. The van der Waals surface area contributed by atoms with E-state index in [2.05, 4.69) is 6.92 Å². The number of amides is 1. The van der Waals surface area contributed by atoms with Crippen LogP contribution in [0.5, 0.6) is 0 Å². The lowest BCUT2D eigenvalue weighted by atomic mass is 9.87. The Balaban J connectivity index is 2.37. The van der Waals surface area contributed by atoms with E-state index in [1.165, 1.54) is 12.8 Å². The third kappa shape index (κ3) is 2.98. The molecule has 0 aliphatic heterocycles. The Kier molecular flexibility index (Phi) is 4.39. The van der Waals surface area contributed by atoms with Crippen molar-refractivity contribution in [1.29, 1.82) is 0 Å². The van der Waals surface area contributed by atoms with Crippen LogP contribution in [-0.4, -0.2) is 37.6 Å². The number of hydrogen-bond donors (Lipinski definition) is 0. The molecule has 0 bridgehead atoms. The summed E-state index contributed by atoms with van der Waals surface area (Å²) in [7, 11) is 3.46. The Morgan fingerprint density at radius 1 is 1.36 bits per heavy atom. The average Bonchev–Trinajstić information content (AvgIpc) is 2.18. The molecule has 1 saturated carbocycles. The van der Waals surface area contributed by atoms with Gasteiger partial charge in [0.15, 0.2) is 0 Å². The van der Waals surface area contributed by atoms with Gasteiger partial charge in [0.1, 0.15) is 6.61 Å². The molecule has 0 aromatic rings. The Hall–Kier alpha value is -0.570. The van der Waals surface area contributed by atoms with Crippen LogP contribution in [0.4, 0.5) is 0 Å². The molecule has 3 heteroatoms. The van der Waals surface area contributed by atoms with Crippen LogP contribution < -0.4 is 0 Å². The van der Waals surface area contributed by atoms with Gasteiger partial charge in [0.25, 0.3) is 0 Å². The molecule has 1 rings (SSSR count). The maximum absolute atomic E-state index is 11.5. The van der Waals surface area contributed by atoms with E-state index >= 15 is 0 Å². The molecule has 1 fully saturated rings. The van der Waals surface area contributed by atoms with E-state index in [0.717, 1.165) is 18.8 Å². The number of carbonyl (C=O) groups is 1. The van der Waals surface area contributed by atoms with Crippen molar-refractivity contribution in [3.63, 3.8) is 0 Å². The first kappa shape index (κ1) is 11.5. The Bertz CT molecular complexity index is 186. The standard InChI is InChI=1S/C11H21NO2/c1-9-4-6-10(7-5-9)12(2)11(13)8-14-3/h9-10H,4-8H2,1-3H3/t9-,10-. The fraction of sp³-hybridized carbons (Fsp3) is 0.909. The predicted octanol–water partition coefficient (Wildman–Crippen LogP) is 1.67. The van der Waals surface area contributed by atoms with Crippen molar-refractivity contribution in [3.8, 4) is 0 Å². The summed E-state index contributed by atoms with van der Waals surface area (Å²) in [5.41, 5.74) is 0. The highest BCUT2D eigenvalue weighted by atomic mass is 16.5. The first-order chi connectivity index (χ1) is 6.65. The second-order valence-corrected chi connectivity index (χ2v) is 4.35. The van der Waals surface area contributed by atoms with Crippen LogP contribution >= 0.6 is 0 Å². The summed E-state index contributed by atoms with van der Waals surface area (Å²) in [6, 6.07) is 0.439. The maximum Gasteiger partial charge on any atom is 0.248 e. The second-order valence-electron chi connectivity index (χ2n) is 4.35. The van der Waals surface area contributed by atoms with Gasteiger partial charge in [0.2, 0.25) is 5.91 Å². The summed E-state index contributed by atoms with van der Waals surface area (Å²) >= 11 is 0. The van der Waals surface area contributed by atoms with Gasteiger partial charge in [-0.1, -0.05) is 6.92 Å². The monoisotopic (exact) mass is 199 g/mol. The summed E-state index contributed by atoms with van der Waals surface area (Å²) in [6.07, 6.45) is 4.78. The van der Waals surface area contributed by atoms with Gasteiger partial charge < -0.3 is 9.64 Å². The Morgan fingerprint density at radius 2 is 1.93 bits per heavy atom. The van der Waals surface area contributed by atoms with Crippen molar-refractivity contribution in [3.05, 3.63) is 0 Å². The minimum atomic E-state index is 0.104. The van der Waals surface area contributed by atoms with Gasteiger partial charge in [-0.3, -0.25) is 4.79 Å². The highest BCUT2D eigenvalue weighted by Crippen LogP contribution is 2.26. The normalized spacial score (nSPS) is 27.4. The van der Waals surface area contributed by atoms with E-state index in [4.69, 9.17) is 4.74 Å². The molecular formula is C11H21NO2. The molecule has 0 radical (unpaired) electrons. The Labute approximate surface area is 86.4 Å². The van der Waals surface area contributed by atoms with Gasteiger partial charge in [0.05, 0.1) is 0 Å². The van der Waals surface area contributed by atoms with Crippen LogP contribution in [0.15, 0.2) is 0 Å². The van der Waals surface area contributed by atoms with Gasteiger partial charge in [0, 0.05) is 20.2 Å². The molecule has 0 atom stereocenters. The van der Waals surface area contributed by atoms with Crippen LogP contribution in [-0.2, 0) is 9.53 Å². The lowest BCUT2D eigenvalue weighted by molar-refractivity contribution is -0.136. The first-order valence-electron chi connectivity index (χ1n) is 5.39. The summed E-state index contributed by atoms with van der Waals surface area (Å²) in [5, 5.41) is 0. The molecule has 0 N–H and O–H groups in total. The first-order valence-corrected chi connectivity index (χ1v) is 5.39. The highest BCUT2D eigenvalue weighted by Gasteiger charge is 2.24. The molecule has 82 valence electrons. The van der Waals surface area contributed by atoms with Gasteiger partial charge in [-0.25, -0.2) is 0 Å². The summed E-state index contributed by atoms with van der Waals surface area (Å²) in [6.45, 7) is 2.50. The largest absolute Gasteiger partial charge is 0.375 e. The van der Waals surface area contributed by atoms with E-state index in [0.29, 0.717) is 6.04 Å². The van der Waals surface area contributed by atoms with Gasteiger partial charge in [-0.2, -0.15) is 0 Å². The van der Waals surface area contributed by atoms with E-state index in [9.17, 15) is 4.79 Å². The molecule has 1 amide bonds. The minimum absolute atomic E-state index is 0.104. The zero-order valence-electron chi connectivity index (χ0n) is 9.45. The highest BCUT2D eigenvalue weighted by molar-refractivity contribution is 5.77. The van der Waals surface area contributed by atoms with Gasteiger partial charge in [-0.15, -0.1) is 0 Å². The number of hydrogen-bond acceptors (Lipinski definition) is 2. The van der Waals surface area contributed by atoms with Crippen molar-refractivity contribution in [2.75, 3.05) is 20.8 Å². The number of methoxy groups -OCH3 is 1. The molecule has 1 aliphatic rings. The lowest BCUT2D eigenvalue weighted by Crippen LogP contribution is -2.40. The minimum Gasteiger partial charge on any atom is -0.375 e. The number of ether oxygens (including phenoxy) is 1. The van der Waals surface area contributed by atoms with Gasteiger partial charge in [-0.05, 0) is 31.6 Å². The smallest absolute Gasteiger partial charge is 0.248 e. The summed E-state index contributed by atoms with van der Waals surface area (Å²) in [5.74, 6) is 0.934. The van der Waals surface area contributed by atoms with E-state index in [1.54, 1.807) is 7.11 Å². The van der Waals surface area contributed by atoms with Crippen molar-refractivity contribution >= 4 is 5.91 Å². The molecule has 1 aliphatic carbocycles. The van der Waals surface area contributed by atoms with E-state index < -0.39 is 0 Å². The third-order valence-corrected chi connectivity index (χ3v) is 3.19. The third-order valence-electron chi connectivity index (χ3n) is 3.19. The molecule has 0 unspecified atom stereocenters. The van der Waals surface area contributed by atoms with Crippen LogP contribution in [0, 0.1) is 5.92 Å². The van der Waals surface area contributed by atoms with Crippen molar-refractivity contribution in [2.24, 2.45) is 5.92 Å². The number of likely N-dealkylation sites (N-methyl/N-ethyl adjacent to an activating group) is 1. The van der Waals surface area contributed by atoms with Crippen LogP contribution in [0.1, 0.15) is 32.6 Å². The second kappa shape index (κ2) is 5.35. The Morgan fingerprint density at radius 3 is 2.43 bits per heavy atom. The van der Waals surface area contributed by atoms with E-state index in [1.807, 2.05) is 11.9 Å². The van der Waals surface area contributed by atoms with Crippen molar-refractivity contribution in [2.45, 2.75) is 38.6 Å². The van der Waals surface area contributed by atoms with Crippen molar-refractivity contribution in [1.82, 2.24) is 4.90 Å². The zero-order valence-corrected chi connectivity index (χ0v) is 9.45. The fourth-order valence-corrected chi connectivity index (χ4v) is 2.06. The summed E-state index contributed by atoms with van der Waals surface area (Å²) < 4.78 is 4.85. The molecule has 0 saturated heterocycles. The molecule has 14 heavy (non-hydrogen) atoms. The number of carbonyl (C=O) groups excluding carboxylic acids is 1. The maximum atomic E-state index is 11.5. The average molecular weight is 199 g/mol. The van der Waals surface area contributed by atoms with Crippen LogP contribution in [0.2, 0.25) is 0 Å². The van der Waals surface area contributed by atoms with E-state index in [-0.39, 0.29) is 12.5 Å². The molecule has 0 heterocycles. The quantitative estimate of drug-likeness (QED) is 0.692. The molecule has 0 aromatic carbocycles. The van der Waals surface area contributed by atoms with Crippen molar-refractivity contribution < 1.29 is 9.53 Å². The predicted molar refractivity (Wildman–Crippen MR) is 56.1 cm³/mol. The SMILES string of the molecule is COCC(=O)N(C)[C@H]1CC[C@H](C)CC1.